The van der Waals surface area contributed by atoms with E-state index in [1.165, 1.54) is 77.6 Å². The van der Waals surface area contributed by atoms with Crippen molar-refractivity contribution in [1.29, 1.82) is 0 Å². The van der Waals surface area contributed by atoms with Crippen LogP contribution in [-0.4, -0.2) is 23.7 Å². The van der Waals surface area contributed by atoms with Crippen molar-refractivity contribution in [2.75, 3.05) is 6.61 Å². The highest BCUT2D eigenvalue weighted by molar-refractivity contribution is 5.66. The van der Waals surface area contributed by atoms with Gasteiger partial charge in [0.15, 0.2) is 0 Å². The second-order valence-electron chi connectivity index (χ2n) is 6.65. The van der Waals surface area contributed by atoms with Crippen molar-refractivity contribution in [3.8, 4) is 0 Å². The van der Waals surface area contributed by atoms with Crippen LogP contribution in [0.3, 0.4) is 0 Å². The Hall–Kier alpha value is -1.32. The van der Waals surface area contributed by atoms with Crippen LogP contribution in [0.25, 0.3) is 0 Å². The van der Waals surface area contributed by atoms with Gasteiger partial charge in [0, 0.05) is 13.3 Å². The van der Waals surface area contributed by atoms with Crippen molar-refractivity contribution in [2.45, 2.75) is 111 Å². The first-order valence-electron chi connectivity index (χ1n) is 10.5. The molecule has 0 aromatic rings. The zero-order valence-corrected chi connectivity index (χ0v) is 17.4. The molecule has 0 saturated heterocycles. The molecular formula is C22H42O4. The van der Waals surface area contributed by atoms with E-state index < -0.39 is 5.97 Å². The smallest absolute Gasteiger partial charge is 0.303 e. The number of carbonyl (C=O) groups excluding carboxylic acids is 1. The van der Waals surface area contributed by atoms with E-state index in [9.17, 15) is 9.59 Å². The molecule has 0 radical (unpaired) electrons. The number of allylic oxidation sites excluding steroid dienone is 2. The van der Waals surface area contributed by atoms with Crippen LogP contribution in [0.1, 0.15) is 111 Å². The van der Waals surface area contributed by atoms with Gasteiger partial charge in [0.25, 0.3) is 0 Å². The molecule has 154 valence electrons. The predicted molar refractivity (Wildman–Crippen MR) is 109 cm³/mol. The van der Waals surface area contributed by atoms with Crippen LogP contribution in [0.5, 0.6) is 0 Å². The minimum Gasteiger partial charge on any atom is -0.481 e. The largest absolute Gasteiger partial charge is 0.481 e. The summed E-state index contributed by atoms with van der Waals surface area (Å²) in [6.45, 7) is 5.91. The number of hydrogen-bond donors (Lipinski definition) is 1. The van der Waals surface area contributed by atoms with Gasteiger partial charge < -0.3 is 9.84 Å². The van der Waals surface area contributed by atoms with E-state index >= 15 is 0 Å². The highest BCUT2D eigenvalue weighted by Gasteiger charge is 1.95. The number of carboxylic acid groups (broad SMARTS) is 1. The van der Waals surface area contributed by atoms with Gasteiger partial charge in [-0.1, -0.05) is 70.4 Å². The molecule has 0 aromatic heterocycles. The van der Waals surface area contributed by atoms with Crippen LogP contribution in [0, 0.1) is 0 Å². The predicted octanol–water partition coefficient (Wildman–Crippen LogP) is 6.68. The molecule has 0 bridgehead atoms. The molecule has 0 aromatic carbocycles. The highest BCUT2D eigenvalue weighted by atomic mass is 16.5. The van der Waals surface area contributed by atoms with Gasteiger partial charge in [-0.05, 0) is 39.0 Å². The Labute approximate surface area is 161 Å². The highest BCUT2D eigenvalue weighted by Crippen LogP contribution is 2.09. The maximum absolute atomic E-state index is 10.3. The normalized spacial score (nSPS) is 10.4. The van der Waals surface area contributed by atoms with Crippen molar-refractivity contribution >= 4 is 11.9 Å². The van der Waals surface area contributed by atoms with Gasteiger partial charge >= 0.3 is 11.9 Å². The first kappa shape index (κ1) is 26.9. The Bertz CT molecular complexity index is 337. The van der Waals surface area contributed by atoms with Gasteiger partial charge in [0.1, 0.15) is 0 Å². The van der Waals surface area contributed by atoms with E-state index in [1.54, 1.807) is 6.92 Å². The molecule has 1 N–H and O–H groups in total. The van der Waals surface area contributed by atoms with Crippen LogP contribution in [0.15, 0.2) is 12.2 Å². The van der Waals surface area contributed by atoms with Gasteiger partial charge in [0.05, 0.1) is 6.61 Å². The molecule has 4 heteroatoms. The van der Waals surface area contributed by atoms with Crippen LogP contribution in [-0.2, 0) is 14.3 Å². The minimum atomic E-state index is -0.664. The summed E-state index contributed by atoms with van der Waals surface area (Å²) in [6, 6.07) is 0. The van der Waals surface area contributed by atoms with Crippen LogP contribution in [0.2, 0.25) is 0 Å². The first-order valence-corrected chi connectivity index (χ1v) is 10.5. The Morgan fingerprint density at radius 1 is 0.769 bits per heavy atom. The molecule has 0 rings (SSSR count). The molecular weight excluding hydrogens is 328 g/mol. The van der Waals surface area contributed by atoms with Crippen molar-refractivity contribution in [2.24, 2.45) is 0 Å². The maximum atomic E-state index is 10.3. The monoisotopic (exact) mass is 370 g/mol. The van der Waals surface area contributed by atoms with E-state index in [4.69, 9.17) is 5.11 Å². The second kappa shape index (κ2) is 23.7. The molecule has 0 aliphatic carbocycles. The standard InChI is InChI=1S/C18H34O2.C4H8O2/c1-2-3-4-5-6-7-8-9-10-11-12-13-14-15-16-17-18(19)20;1-3-6-4(2)5/h9-10H,2-8,11-17H2,1H3,(H,19,20);3H2,1-2H3/b10-9-;. The number of ether oxygens (including phenoxy) is 1. The van der Waals surface area contributed by atoms with E-state index in [2.05, 4.69) is 23.8 Å². The van der Waals surface area contributed by atoms with Gasteiger partial charge in [-0.25, -0.2) is 0 Å². The van der Waals surface area contributed by atoms with Crippen molar-refractivity contribution in [1.82, 2.24) is 0 Å². The lowest BCUT2D eigenvalue weighted by molar-refractivity contribution is -0.140. The van der Waals surface area contributed by atoms with Gasteiger partial charge in [-0.15, -0.1) is 0 Å². The van der Waals surface area contributed by atoms with Crippen molar-refractivity contribution in [3.05, 3.63) is 12.2 Å². The summed E-state index contributed by atoms with van der Waals surface area (Å²) < 4.78 is 4.40. The Morgan fingerprint density at radius 3 is 1.62 bits per heavy atom. The number of esters is 1. The minimum absolute atomic E-state index is 0.211. The Kier molecular flexibility index (Phi) is 24.5. The van der Waals surface area contributed by atoms with Crippen molar-refractivity contribution in [3.63, 3.8) is 0 Å². The number of aliphatic carboxylic acids is 1. The number of hydrogen-bond acceptors (Lipinski definition) is 3. The lowest BCUT2D eigenvalue weighted by atomic mass is 10.1. The quantitative estimate of drug-likeness (QED) is 0.187. The molecule has 0 aliphatic heterocycles. The molecule has 0 saturated carbocycles. The molecule has 0 spiro atoms. The number of rotatable bonds is 16. The van der Waals surface area contributed by atoms with E-state index in [0.717, 1.165) is 12.8 Å². The summed E-state index contributed by atoms with van der Waals surface area (Å²) in [5, 5.41) is 8.51. The van der Waals surface area contributed by atoms with Crippen LogP contribution in [0.4, 0.5) is 0 Å². The molecule has 0 aliphatic rings. The Morgan fingerprint density at radius 2 is 1.23 bits per heavy atom. The Balaban J connectivity index is 0. The van der Waals surface area contributed by atoms with Gasteiger partial charge in [-0.3, -0.25) is 9.59 Å². The maximum Gasteiger partial charge on any atom is 0.303 e. The fraction of sp³-hybridized carbons (Fsp3) is 0.818. The van der Waals surface area contributed by atoms with Crippen LogP contribution < -0.4 is 0 Å². The summed E-state index contributed by atoms with van der Waals surface area (Å²) >= 11 is 0. The van der Waals surface area contributed by atoms with E-state index in [-0.39, 0.29) is 5.97 Å². The van der Waals surface area contributed by atoms with Crippen LogP contribution >= 0.6 is 0 Å². The lowest BCUT2D eigenvalue weighted by Gasteiger charge is -1.99. The third-order valence-electron chi connectivity index (χ3n) is 4.00. The SMILES string of the molecule is CCCCCCCC/C=C\CCCCCCCC(=O)O.CCOC(C)=O. The zero-order chi connectivity index (χ0) is 19.9. The zero-order valence-electron chi connectivity index (χ0n) is 17.4. The third-order valence-corrected chi connectivity index (χ3v) is 4.00. The fourth-order valence-electron chi connectivity index (χ4n) is 2.55. The van der Waals surface area contributed by atoms with Crippen molar-refractivity contribution < 1.29 is 19.4 Å². The van der Waals surface area contributed by atoms with E-state index in [1.807, 2.05) is 0 Å². The van der Waals surface area contributed by atoms with Gasteiger partial charge in [0.2, 0.25) is 0 Å². The summed E-state index contributed by atoms with van der Waals surface area (Å²) in [7, 11) is 0. The molecule has 0 fully saturated rings. The average molecular weight is 371 g/mol. The molecule has 26 heavy (non-hydrogen) atoms. The number of carboxylic acids is 1. The second-order valence-corrected chi connectivity index (χ2v) is 6.65. The third kappa shape index (κ3) is 30.5. The molecule has 0 unspecified atom stereocenters. The molecule has 0 heterocycles. The molecule has 0 amide bonds. The van der Waals surface area contributed by atoms with Gasteiger partial charge in [-0.2, -0.15) is 0 Å². The summed E-state index contributed by atoms with van der Waals surface area (Å²) in [6.07, 6.45) is 21.2. The topological polar surface area (TPSA) is 63.6 Å². The first-order chi connectivity index (χ1) is 12.5. The summed E-state index contributed by atoms with van der Waals surface area (Å²) in [5.41, 5.74) is 0. The summed E-state index contributed by atoms with van der Waals surface area (Å²) in [5.74, 6) is -0.875. The molecule has 4 nitrogen and oxygen atoms in total. The fourth-order valence-corrected chi connectivity index (χ4v) is 2.55. The number of unbranched alkanes of at least 4 members (excludes halogenated alkanes) is 11. The summed E-state index contributed by atoms with van der Waals surface area (Å²) in [4.78, 5) is 20.1. The number of carbonyl (C=O) groups is 2. The average Bonchev–Trinajstić information content (AvgIpc) is 2.58. The molecule has 0 atom stereocenters. The lowest BCUT2D eigenvalue weighted by Crippen LogP contribution is -1.95. The van der Waals surface area contributed by atoms with E-state index in [0.29, 0.717) is 13.0 Å².